The van der Waals surface area contributed by atoms with Gasteiger partial charge in [-0.25, -0.2) is 5.10 Å². The molecule has 1 heterocycles. The second-order valence-corrected chi connectivity index (χ2v) is 5.66. The highest BCUT2D eigenvalue weighted by Crippen LogP contribution is 2.26. The summed E-state index contributed by atoms with van der Waals surface area (Å²) in [5.74, 6) is 0. The summed E-state index contributed by atoms with van der Waals surface area (Å²) in [5, 5.41) is 11.8. The Kier molecular flexibility index (Phi) is 4.71. The number of anilines is 1. The molecule has 23 heavy (non-hydrogen) atoms. The van der Waals surface area contributed by atoms with Crippen molar-refractivity contribution in [1.29, 1.82) is 0 Å². The maximum absolute atomic E-state index is 11.9. The molecule has 0 spiro atoms. The number of H-pyrrole nitrogens is 1. The van der Waals surface area contributed by atoms with E-state index < -0.39 is 0 Å². The van der Waals surface area contributed by atoms with Crippen molar-refractivity contribution >= 4 is 16.5 Å². The maximum atomic E-state index is 11.9. The summed E-state index contributed by atoms with van der Waals surface area (Å²) in [6.45, 7) is 3.17. The van der Waals surface area contributed by atoms with Gasteiger partial charge in [-0.1, -0.05) is 50.1 Å². The second-order valence-electron chi connectivity index (χ2n) is 5.66. The Bertz CT molecular complexity index is 854. The maximum Gasteiger partial charge on any atom is 0.272 e. The standard InChI is InChI=1S/C19H21N3O/c1-2-3-6-12-20-15-9-7-8-14(13-15)18-16-10-4-5-11-17(16)19(23)22-21-18/h4-5,7-11,13,20H,2-3,6,12H2,1H3,(H,22,23). The number of hydrogen-bond acceptors (Lipinski definition) is 3. The molecule has 4 nitrogen and oxygen atoms in total. The molecule has 0 amide bonds. The summed E-state index contributed by atoms with van der Waals surface area (Å²) in [6.07, 6.45) is 3.62. The van der Waals surface area contributed by atoms with Crippen molar-refractivity contribution in [3.05, 3.63) is 58.9 Å². The molecule has 0 aliphatic carbocycles. The lowest BCUT2D eigenvalue weighted by molar-refractivity contribution is 0.744. The Morgan fingerprint density at radius 1 is 1.04 bits per heavy atom. The fourth-order valence-corrected chi connectivity index (χ4v) is 2.72. The van der Waals surface area contributed by atoms with Crippen molar-refractivity contribution in [2.45, 2.75) is 26.2 Å². The van der Waals surface area contributed by atoms with Crippen molar-refractivity contribution in [1.82, 2.24) is 10.2 Å². The van der Waals surface area contributed by atoms with Crippen LogP contribution in [0.1, 0.15) is 26.2 Å². The van der Waals surface area contributed by atoms with Crippen LogP contribution >= 0.6 is 0 Å². The Labute approximate surface area is 135 Å². The van der Waals surface area contributed by atoms with Gasteiger partial charge in [-0.05, 0) is 24.6 Å². The topological polar surface area (TPSA) is 57.8 Å². The molecular formula is C19H21N3O. The zero-order valence-electron chi connectivity index (χ0n) is 13.3. The number of aromatic amines is 1. The van der Waals surface area contributed by atoms with E-state index in [9.17, 15) is 4.79 Å². The number of rotatable bonds is 6. The summed E-state index contributed by atoms with van der Waals surface area (Å²) in [5.41, 5.74) is 2.73. The predicted octanol–water partition coefficient (Wildman–Crippen LogP) is 4.19. The van der Waals surface area contributed by atoms with E-state index in [0.717, 1.165) is 28.9 Å². The number of benzene rings is 2. The summed E-state index contributed by atoms with van der Waals surface area (Å²) < 4.78 is 0. The summed E-state index contributed by atoms with van der Waals surface area (Å²) in [6, 6.07) is 15.7. The number of nitrogens with one attached hydrogen (secondary N) is 2. The normalized spacial score (nSPS) is 10.8. The Balaban J connectivity index is 1.93. The van der Waals surface area contributed by atoms with Gasteiger partial charge in [-0.3, -0.25) is 4.79 Å². The van der Waals surface area contributed by atoms with E-state index in [-0.39, 0.29) is 5.56 Å². The van der Waals surface area contributed by atoms with Crippen LogP contribution in [0.4, 0.5) is 5.69 Å². The first-order valence-electron chi connectivity index (χ1n) is 8.11. The lowest BCUT2D eigenvalue weighted by Gasteiger charge is -2.09. The minimum absolute atomic E-state index is 0.154. The smallest absolute Gasteiger partial charge is 0.272 e. The third kappa shape index (κ3) is 3.42. The van der Waals surface area contributed by atoms with E-state index >= 15 is 0 Å². The molecule has 118 valence electrons. The van der Waals surface area contributed by atoms with Crippen LogP contribution in [0.5, 0.6) is 0 Å². The van der Waals surface area contributed by atoms with Gasteiger partial charge in [0.25, 0.3) is 5.56 Å². The first-order valence-corrected chi connectivity index (χ1v) is 8.11. The van der Waals surface area contributed by atoms with Gasteiger partial charge in [0, 0.05) is 23.2 Å². The molecule has 0 saturated carbocycles. The van der Waals surface area contributed by atoms with Crippen LogP contribution in [0.25, 0.3) is 22.0 Å². The van der Waals surface area contributed by atoms with Gasteiger partial charge >= 0.3 is 0 Å². The van der Waals surface area contributed by atoms with E-state index in [0.29, 0.717) is 5.39 Å². The third-order valence-corrected chi connectivity index (χ3v) is 3.94. The third-order valence-electron chi connectivity index (χ3n) is 3.94. The van der Waals surface area contributed by atoms with E-state index in [1.54, 1.807) is 0 Å². The fourth-order valence-electron chi connectivity index (χ4n) is 2.72. The monoisotopic (exact) mass is 307 g/mol. The van der Waals surface area contributed by atoms with Gasteiger partial charge in [0.2, 0.25) is 0 Å². The van der Waals surface area contributed by atoms with Crippen molar-refractivity contribution < 1.29 is 0 Å². The minimum Gasteiger partial charge on any atom is -0.385 e. The highest BCUT2D eigenvalue weighted by atomic mass is 16.1. The molecule has 0 unspecified atom stereocenters. The Hall–Kier alpha value is -2.62. The fraction of sp³-hybridized carbons (Fsp3) is 0.263. The molecule has 0 fully saturated rings. The predicted molar refractivity (Wildman–Crippen MR) is 95.8 cm³/mol. The highest BCUT2D eigenvalue weighted by molar-refractivity contribution is 5.94. The van der Waals surface area contributed by atoms with Gasteiger partial charge in [0.1, 0.15) is 0 Å². The van der Waals surface area contributed by atoms with Gasteiger partial charge in [0.15, 0.2) is 0 Å². The molecule has 0 atom stereocenters. The molecule has 0 aliphatic heterocycles. The average molecular weight is 307 g/mol. The van der Waals surface area contributed by atoms with Crippen molar-refractivity contribution in [2.24, 2.45) is 0 Å². The highest BCUT2D eigenvalue weighted by Gasteiger charge is 2.08. The molecule has 0 aliphatic rings. The van der Waals surface area contributed by atoms with Crippen molar-refractivity contribution in [3.8, 4) is 11.3 Å². The van der Waals surface area contributed by atoms with Gasteiger partial charge < -0.3 is 5.32 Å². The molecule has 0 radical (unpaired) electrons. The number of unbranched alkanes of at least 4 members (excludes halogenated alkanes) is 2. The first-order chi connectivity index (χ1) is 11.3. The molecular weight excluding hydrogens is 286 g/mol. The van der Waals surface area contributed by atoms with Crippen LogP contribution in [0.2, 0.25) is 0 Å². The molecule has 3 aromatic rings. The first kappa shape index (κ1) is 15.3. The summed E-state index contributed by atoms with van der Waals surface area (Å²) in [4.78, 5) is 11.9. The summed E-state index contributed by atoms with van der Waals surface area (Å²) in [7, 11) is 0. The summed E-state index contributed by atoms with van der Waals surface area (Å²) >= 11 is 0. The van der Waals surface area contributed by atoms with E-state index in [1.807, 2.05) is 36.4 Å². The van der Waals surface area contributed by atoms with Gasteiger partial charge in [-0.2, -0.15) is 5.10 Å². The largest absolute Gasteiger partial charge is 0.385 e. The Morgan fingerprint density at radius 3 is 2.70 bits per heavy atom. The molecule has 2 aromatic carbocycles. The minimum atomic E-state index is -0.154. The number of nitrogens with zero attached hydrogens (tertiary/aromatic N) is 1. The van der Waals surface area contributed by atoms with Crippen LogP contribution < -0.4 is 10.9 Å². The number of fused-ring (bicyclic) bond motifs is 1. The molecule has 2 N–H and O–H groups in total. The quantitative estimate of drug-likeness (QED) is 0.671. The van der Waals surface area contributed by atoms with Crippen LogP contribution in [-0.4, -0.2) is 16.7 Å². The molecule has 3 rings (SSSR count). The van der Waals surface area contributed by atoms with Crippen molar-refractivity contribution in [2.75, 3.05) is 11.9 Å². The average Bonchev–Trinajstić information content (AvgIpc) is 2.60. The number of hydrogen-bond donors (Lipinski definition) is 2. The van der Waals surface area contributed by atoms with Crippen LogP contribution in [0, 0.1) is 0 Å². The van der Waals surface area contributed by atoms with E-state index in [2.05, 4.69) is 34.6 Å². The van der Waals surface area contributed by atoms with Crippen LogP contribution in [-0.2, 0) is 0 Å². The number of aromatic nitrogens is 2. The molecule has 4 heteroatoms. The van der Waals surface area contributed by atoms with E-state index in [4.69, 9.17) is 0 Å². The Morgan fingerprint density at radius 2 is 1.87 bits per heavy atom. The van der Waals surface area contributed by atoms with Crippen molar-refractivity contribution in [3.63, 3.8) is 0 Å². The second kappa shape index (κ2) is 7.09. The SMILES string of the molecule is CCCCCNc1cccc(-c2n[nH]c(=O)c3ccccc23)c1. The van der Waals surface area contributed by atoms with E-state index in [1.165, 1.54) is 19.3 Å². The van der Waals surface area contributed by atoms with Gasteiger partial charge in [0.05, 0.1) is 11.1 Å². The lowest BCUT2D eigenvalue weighted by Crippen LogP contribution is -2.09. The van der Waals surface area contributed by atoms with Gasteiger partial charge in [-0.15, -0.1) is 0 Å². The van der Waals surface area contributed by atoms with Crippen LogP contribution in [0.15, 0.2) is 53.3 Å². The molecule has 0 bridgehead atoms. The zero-order valence-corrected chi connectivity index (χ0v) is 13.3. The molecule has 1 aromatic heterocycles. The van der Waals surface area contributed by atoms with Crippen LogP contribution in [0.3, 0.4) is 0 Å². The lowest BCUT2D eigenvalue weighted by atomic mass is 10.0. The zero-order chi connectivity index (χ0) is 16.1. The molecule has 0 saturated heterocycles.